The molecular formula is C22H25ClF2N2OS. The molecule has 2 aromatic rings. The summed E-state index contributed by atoms with van der Waals surface area (Å²) < 4.78 is 28.1. The number of amides is 1. The lowest BCUT2D eigenvalue weighted by molar-refractivity contribution is 0.0943. The molecule has 7 heteroatoms. The van der Waals surface area contributed by atoms with Gasteiger partial charge < -0.3 is 10.6 Å². The molecule has 0 aliphatic heterocycles. The third-order valence-electron chi connectivity index (χ3n) is 4.36. The van der Waals surface area contributed by atoms with Crippen molar-refractivity contribution in [2.75, 3.05) is 11.6 Å². The third-order valence-corrected chi connectivity index (χ3v) is 6.09. The quantitative estimate of drug-likeness (QED) is 0.509. The van der Waals surface area contributed by atoms with Crippen molar-refractivity contribution in [1.82, 2.24) is 5.32 Å². The Balaban J connectivity index is 2.08. The Bertz CT molecular complexity index is 946. The lowest BCUT2D eigenvalue weighted by atomic mass is 10.1. The summed E-state index contributed by atoms with van der Waals surface area (Å²) in [6.45, 7) is 5.60. The smallest absolute Gasteiger partial charge is 0.254 e. The molecule has 1 amide bonds. The Kier molecular flexibility index (Phi) is 8.41. The molecule has 0 heterocycles. The van der Waals surface area contributed by atoms with Gasteiger partial charge in [0.15, 0.2) is 0 Å². The topological polar surface area (TPSA) is 41.1 Å². The summed E-state index contributed by atoms with van der Waals surface area (Å²) in [6.07, 6.45) is 3.95. The minimum absolute atomic E-state index is 0.0293. The van der Waals surface area contributed by atoms with Crippen LogP contribution in [0.3, 0.4) is 0 Å². The van der Waals surface area contributed by atoms with Crippen molar-refractivity contribution < 1.29 is 13.6 Å². The normalized spacial score (nSPS) is 14.6. The van der Waals surface area contributed by atoms with Crippen LogP contribution in [0.1, 0.15) is 42.7 Å². The molecule has 3 atom stereocenters. The maximum absolute atomic E-state index is 14.5. The fourth-order valence-electron chi connectivity index (χ4n) is 2.62. The molecule has 1 unspecified atom stereocenters. The van der Waals surface area contributed by atoms with Crippen molar-refractivity contribution in [2.45, 2.75) is 32.9 Å². The fraction of sp³-hybridized carbons (Fsp3) is 0.273. The molecule has 0 aromatic heterocycles. The summed E-state index contributed by atoms with van der Waals surface area (Å²) >= 11 is 6.01. The molecule has 0 fully saturated rings. The number of rotatable bonds is 7. The molecule has 2 N–H and O–H groups in total. The number of nitrogens with one attached hydrogen (secondary N) is 2. The Labute approximate surface area is 178 Å². The van der Waals surface area contributed by atoms with Crippen molar-refractivity contribution in [3.05, 3.63) is 75.7 Å². The maximum Gasteiger partial charge on any atom is 0.254 e. The van der Waals surface area contributed by atoms with Crippen molar-refractivity contribution >= 4 is 39.0 Å². The van der Waals surface area contributed by atoms with Crippen LogP contribution in [0.25, 0.3) is 0 Å². The van der Waals surface area contributed by atoms with E-state index in [1.807, 2.05) is 25.3 Å². The number of anilines is 1. The van der Waals surface area contributed by atoms with E-state index in [0.29, 0.717) is 11.3 Å². The lowest BCUT2D eigenvalue weighted by Crippen LogP contribution is -2.31. The molecule has 2 aromatic carbocycles. The molecule has 29 heavy (non-hydrogen) atoms. The average molecular weight is 439 g/mol. The molecule has 0 saturated carbocycles. The highest BCUT2D eigenvalue weighted by Crippen LogP contribution is 2.28. The highest BCUT2D eigenvalue weighted by atomic mass is 35.5. The molecule has 156 valence electrons. The summed E-state index contributed by atoms with van der Waals surface area (Å²) in [5.74, 6) is -1.63. The van der Waals surface area contributed by atoms with Crippen LogP contribution in [0.5, 0.6) is 0 Å². The first-order valence-corrected chi connectivity index (χ1v) is 11.3. The predicted molar refractivity (Wildman–Crippen MR) is 121 cm³/mol. The van der Waals surface area contributed by atoms with E-state index in [1.54, 1.807) is 25.1 Å². The van der Waals surface area contributed by atoms with E-state index in [1.165, 1.54) is 18.2 Å². The second-order valence-corrected chi connectivity index (χ2v) is 8.97. The monoisotopic (exact) mass is 438 g/mol. The number of carbonyl (C=O) groups excluding carboxylic acids is 1. The molecule has 2 rings (SSSR count). The molecule has 0 bridgehead atoms. The number of benzene rings is 2. The van der Waals surface area contributed by atoms with E-state index < -0.39 is 17.5 Å². The van der Waals surface area contributed by atoms with E-state index in [2.05, 4.69) is 22.3 Å². The van der Waals surface area contributed by atoms with Gasteiger partial charge in [-0.3, -0.25) is 4.79 Å². The highest BCUT2D eigenvalue weighted by molar-refractivity contribution is 8.16. The molecule has 0 radical (unpaired) electrons. The van der Waals surface area contributed by atoms with E-state index in [4.69, 9.17) is 11.6 Å². The van der Waals surface area contributed by atoms with E-state index >= 15 is 0 Å². The van der Waals surface area contributed by atoms with E-state index in [-0.39, 0.29) is 33.2 Å². The predicted octanol–water partition coefficient (Wildman–Crippen LogP) is 6.14. The Hall–Kier alpha value is -2.18. The van der Waals surface area contributed by atoms with Crippen LogP contribution in [0.4, 0.5) is 14.5 Å². The van der Waals surface area contributed by atoms with Gasteiger partial charge in [0.1, 0.15) is 11.6 Å². The van der Waals surface area contributed by atoms with E-state index in [9.17, 15) is 13.6 Å². The zero-order chi connectivity index (χ0) is 21.6. The van der Waals surface area contributed by atoms with Gasteiger partial charge in [-0.2, -0.15) is 10.5 Å². The zero-order valence-electron chi connectivity index (χ0n) is 16.8. The van der Waals surface area contributed by atoms with Gasteiger partial charge in [0.25, 0.3) is 5.91 Å². The second kappa shape index (κ2) is 10.6. The Morgan fingerprint density at radius 3 is 2.55 bits per heavy atom. The first-order valence-electron chi connectivity index (χ1n) is 9.15. The minimum Gasteiger partial charge on any atom is -0.378 e. The molecule has 3 nitrogen and oxygen atoms in total. The van der Waals surface area contributed by atoms with Crippen LogP contribution < -0.4 is 10.6 Å². The van der Waals surface area contributed by atoms with Crippen molar-refractivity contribution in [2.24, 2.45) is 0 Å². The molecular weight excluding hydrogens is 414 g/mol. The van der Waals surface area contributed by atoms with Gasteiger partial charge in [-0.25, -0.2) is 8.78 Å². The molecule has 0 spiro atoms. The van der Waals surface area contributed by atoms with Gasteiger partial charge in [-0.05, 0) is 62.3 Å². The van der Waals surface area contributed by atoms with Gasteiger partial charge in [0, 0.05) is 11.7 Å². The summed E-state index contributed by atoms with van der Waals surface area (Å²) in [5.41, 5.74) is 0.992. The molecule has 0 aliphatic rings. The standard InChI is InChI=1S/C22H25ClF2N2OS/c1-5-29(4)12-11-14(2)26-22(28)18-10-9-16(13-20(18)25)27-15(3)17-7-6-8-19(24)21(17)23/h5-15,27H,1-4H3,(H,26,28)/b12-11+/t14-,15+,29?/m1/s1. The highest BCUT2D eigenvalue weighted by Gasteiger charge is 2.16. The first kappa shape index (κ1) is 23.1. The summed E-state index contributed by atoms with van der Waals surface area (Å²) in [6, 6.07) is 8.26. The van der Waals surface area contributed by atoms with Crippen molar-refractivity contribution in [3.8, 4) is 0 Å². The van der Waals surface area contributed by atoms with Crippen molar-refractivity contribution in [3.63, 3.8) is 0 Å². The summed E-state index contributed by atoms with van der Waals surface area (Å²) in [4.78, 5) is 12.4. The van der Waals surface area contributed by atoms with Crippen LogP contribution in [-0.2, 0) is 0 Å². The minimum atomic E-state index is -0.640. The number of halogens is 3. The van der Waals surface area contributed by atoms with Crippen LogP contribution in [0, 0.1) is 11.6 Å². The molecule has 0 saturated heterocycles. The number of hydrogen-bond donors (Lipinski definition) is 2. The van der Waals surface area contributed by atoms with Gasteiger partial charge in [-0.1, -0.05) is 35.2 Å². The van der Waals surface area contributed by atoms with Crippen LogP contribution in [0.15, 0.2) is 47.9 Å². The third kappa shape index (κ3) is 6.41. The first-order chi connectivity index (χ1) is 13.7. The van der Waals surface area contributed by atoms with Gasteiger partial charge in [-0.15, -0.1) is 0 Å². The maximum atomic E-state index is 14.5. The van der Waals surface area contributed by atoms with Gasteiger partial charge >= 0.3 is 0 Å². The van der Waals surface area contributed by atoms with Crippen LogP contribution >= 0.6 is 22.1 Å². The fourth-order valence-corrected chi connectivity index (χ4v) is 3.56. The average Bonchev–Trinajstić information content (AvgIpc) is 2.68. The van der Waals surface area contributed by atoms with Crippen LogP contribution in [0.2, 0.25) is 5.02 Å². The summed E-state index contributed by atoms with van der Waals surface area (Å²) in [7, 11) is 0.0385. The Morgan fingerprint density at radius 2 is 1.90 bits per heavy atom. The number of hydrogen-bond acceptors (Lipinski definition) is 2. The zero-order valence-corrected chi connectivity index (χ0v) is 18.4. The SMILES string of the molecule is C/C=S(C)\C=C\[C@@H](C)NC(=O)c1ccc(N[C@@H](C)c2cccc(F)c2Cl)cc1F. The van der Waals surface area contributed by atoms with Crippen LogP contribution in [-0.4, -0.2) is 23.6 Å². The second-order valence-electron chi connectivity index (χ2n) is 6.64. The largest absolute Gasteiger partial charge is 0.378 e. The lowest BCUT2D eigenvalue weighted by Gasteiger charge is -2.18. The summed E-state index contributed by atoms with van der Waals surface area (Å²) in [5, 5.41) is 9.94. The van der Waals surface area contributed by atoms with Gasteiger partial charge in [0.05, 0.1) is 16.6 Å². The van der Waals surface area contributed by atoms with E-state index in [0.717, 1.165) is 0 Å². The number of carbonyl (C=O) groups is 1. The Morgan fingerprint density at radius 1 is 1.17 bits per heavy atom. The molecule has 0 aliphatic carbocycles. The van der Waals surface area contributed by atoms with Gasteiger partial charge in [0.2, 0.25) is 0 Å². The van der Waals surface area contributed by atoms with Crippen molar-refractivity contribution in [1.29, 1.82) is 0 Å².